The van der Waals surface area contributed by atoms with Crippen molar-refractivity contribution in [3.63, 3.8) is 0 Å². The lowest BCUT2D eigenvalue weighted by Gasteiger charge is -2.24. The molecule has 0 atom stereocenters. The molecular weight excluding hydrogens is 1020 g/mol. The molecule has 3 aliphatic carbocycles. The van der Waals surface area contributed by atoms with Crippen LogP contribution in [0, 0.1) is 11.8 Å². The first-order chi connectivity index (χ1) is 39.1. The Hall–Kier alpha value is -6.00. The molecule has 3 fully saturated rings. The van der Waals surface area contributed by atoms with Gasteiger partial charge in [0.05, 0.1) is 47.9 Å². The molecule has 5 aromatic rings. The van der Waals surface area contributed by atoms with Crippen LogP contribution in [0.5, 0.6) is 0 Å². The molecule has 434 valence electrons. The zero-order chi connectivity index (χ0) is 56.6. The van der Waals surface area contributed by atoms with E-state index in [1.165, 1.54) is 152 Å². The first-order valence-electron chi connectivity index (χ1n) is 30.8. The van der Waals surface area contributed by atoms with Crippen molar-refractivity contribution in [1.82, 2.24) is 0 Å². The maximum atomic E-state index is 12.2. The van der Waals surface area contributed by atoms with Crippen LogP contribution in [-0.2, 0) is 40.1 Å². The molecule has 80 heavy (non-hydrogen) atoms. The van der Waals surface area contributed by atoms with Crippen LogP contribution >= 0.6 is 11.6 Å². The third-order valence-electron chi connectivity index (χ3n) is 15.9. The van der Waals surface area contributed by atoms with E-state index in [0.717, 1.165) is 71.7 Å². The van der Waals surface area contributed by atoms with Crippen LogP contribution in [-0.4, -0.2) is 43.8 Å². The summed E-state index contributed by atoms with van der Waals surface area (Å²) < 4.78 is 15.7. The van der Waals surface area contributed by atoms with Crippen LogP contribution in [0.15, 0.2) is 109 Å². The summed E-state index contributed by atoms with van der Waals surface area (Å²) in [5.41, 5.74) is 16.5. The molecule has 8 rings (SSSR count). The third-order valence-corrected chi connectivity index (χ3v) is 16.1. The second-order valence-electron chi connectivity index (χ2n) is 22.3. The number of esters is 3. The standard InChI is InChI=1S/C23H28ClNO2.C23H38N2O2.C23H29NO2/c1-2-27-23(26)20-12-11-19(13-17-7-4-3-5-8-17)22(15-20)25-16-18-9-6-10-21(24)14-18;1-2-3-4-5-6-7-8-12-17-27-23(26)19-15-16-22(21(24)18-19)25-20-13-10-9-11-14-20;1-2-26-23(25)21-14-13-20(15-18-9-5-3-6-10-18)22(16-21)24-17-19-11-7-4-8-12-19/h6,9-12,14-15,17,25H,2-5,7-8,13,16H2,1H3;15-16,18,20,25H,2-14,17,24H2,1H3;4,7-8,11-14,16,18,24H,2-3,5-6,9-10,15,17H2,1H3. The number of carbonyl (C=O) groups is 3. The SMILES string of the molecule is CCCCCCCCCCOC(=O)c1ccc(NC2CCCCC2)c(N)c1.CCOC(=O)c1ccc(CC2CCCCC2)c(NCc2cccc(Cl)c2)c1.CCOC(=O)c1ccc(CC2CCCCC2)c(NCc2ccccc2)c1. The van der Waals surface area contributed by atoms with Crippen molar-refractivity contribution in [3.8, 4) is 0 Å². The molecule has 0 bridgehead atoms. The third kappa shape index (κ3) is 22.9. The average molecular weight is 1110 g/mol. The average Bonchev–Trinajstić information content (AvgIpc) is 3.50. The molecule has 0 spiro atoms. The number of benzene rings is 5. The zero-order valence-electron chi connectivity index (χ0n) is 48.7. The lowest BCUT2D eigenvalue weighted by atomic mass is 9.84. The second kappa shape index (κ2) is 36.4. The van der Waals surface area contributed by atoms with Gasteiger partial charge in [0.15, 0.2) is 0 Å². The smallest absolute Gasteiger partial charge is 0.338 e. The quantitative estimate of drug-likeness (QED) is 0.0183. The summed E-state index contributed by atoms with van der Waals surface area (Å²) in [4.78, 5) is 36.5. The van der Waals surface area contributed by atoms with E-state index >= 15 is 0 Å². The maximum absolute atomic E-state index is 12.2. The van der Waals surface area contributed by atoms with Gasteiger partial charge in [0, 0.05) is 35.5 Å². The summed E-state index contributed by atoms with van der Waals surface area (Å²) in [6.45, 7) is 8.61. The van der Waals surface area contributed by atoms with Crippen LogP contribution in [0.1, 0.15) is 222 Å². The molecule has 0 heterocycles. The van der Waals surface area contributed by atoms with Gasteiger partial charge in [-0.1, -0.05) is 202 Å². The fourth-order valence-corrected chi connectivity index (χ4v) is 11.5. The van der Waals surface area contributed by atoms with Gasteiger partial charge in [-0.15, -0.1) is 0 Å². The van der Waals surface area contributed by atoms with E-state index in [1.54, 1.807) is 6.07 Å². The highest BCUT2D eigenvalue weighted by Crippen LogP contribution is 2.33. The highest BCUT2D eigenvalue weighted by molar-refractivity contribution is 6.30. The highest BCUT2D eigenvalue weighted by atomic mass is 35.5. The fraction of sp³-hybridized carbons (Fsp3) is 0.522. The van der Waals surface area contributed by atoms with Gasteiger partial charge >= 0.3 is 17.9 Å². The van der Waals surface area contributed by atoms with Gasteiger partial charge in [0.2, 0.25) is 0 Å². The van der Waals surface area contributed by atoms with Crippen molar-refractivity contribution >= 4 is 52.3 Å². The molecule has 3 aliphatic rings. The van der Waals surface area contributed by atoms with Crippen molar-refractivity contribution < 1.29 is 28.6 Å². The Morgan fingerprint density at radius 1 is 0.487 bits per heavy atom. The molecule has 5 N–H and O–H groups in total. The number of nitrogen functional groups attached to an aromatic ring is 1. The number of nitrogens with one attached hydrogen (secondary N) is 3. The summed E-state index contributed by atoms with van der Waals surface area (Å²) in [5.74, 6) is 0.703. The Kier molecular flexibility index (Phi) is 28.7. The molecule has 5 aromatic carbocycles. The van der Waals surface area contributed by atoms with E-state index in [-0.39, 0.29) is 17.9 Å². The molecule has 0 unspecified atom stereocenters. The fourth-order valence-electron chi connectivity index (χ4n) is 11.3. The Labute approximate surface area is 485 Å². The summed E-state index contributed by atoms with van der Waals surface area (Å²) in [6.07, 6.45) is 31.6. The van der Waals surface area contributed by atoms with E-state index in [1.807, 2.05) is 74.5 Å². The van der Waals surface area contributed by atoms with Gasteiger partial charge in [-0.05, 0) is 135 Å². The first-order valence-corrected chi connectivity index (χ1v) is 31.2. The number of hydrogen-bond donors (Lipinski definition) is 4. The summed E-state index contributed by atoms with van der Waals surface area (Å²) in [7, 11) is 0. The van der Waals surface area contributed by atoms with Crippen molar-refractivity contribution in [2.24, 2.45) is 11.8 Å². The van der Waals surface area contributed by atoms with E-state index < -0.39 is 0 Å². The van der Waals surface area contributed by atoms with Gasteiger partial charge in [0.25, 0.3) is 0 Å². The molecular formula is C69H95ClN4O6. The molecule has 0 aliphatic heterocycles. The summed E-state index contributed by atoms with van der Waals surface area (Å²) >= 11 is 6.10. The predicted molar refractivity (Wildman–Crippen MR) is 332 cm³/mol. The molecule has 10 nitrogen and oxygen atoms in total. The summed E-state index contributed by atoms with van der Waals surface area (Å²) in [5, 5.41) is 11.3. The lowest BCUT2D eigenvalue weighted by Crippen LogP contribution is -2.22. The van der Waals surface area contributed by atoms with E-state index in [2.05, 4.69) is 65.3 Å². The van der Waals surface area contributed by atoms with Gasteiger partial charge in [-0.3, -0.25) is 0 Å². The van der Waals surface area contributed by atoms with Crippen LogP contribution in [0.25, 0.3) is 0 Å². The van der Waals surface area contributed by atoms with E-state index in [0.29, 0.717) is 54.8 Å². The molecule has 0 radical (unpaired) electrons. The van der Waals surface area contributed by atoms with Crippen molar-refractivity contribution in [3.05, 3.63) is 153 Å². The highest BCUT2D eigenvalue weighted by Gasteiger charge is 2.20. The molecule has 3 saturated carbocycles. The normalized spacial score (nSPS) is 14.8. The first kappa shape index (κ1) is 63.2. The van der Waals surface area contributed by atoms with Crippen molar-refractivity contribution in [2.45, 2.75) is 200 Å². The number of halogens is 1. The minimum absolute atomic E-state index is 0.250. The lowest BCUT2D eigenvalue weighted by molar-refractivity contribution is 0.0493. The summed E-state index contributed by atoms with van der Waals surface area (Å²) in [6, 6.07) is 36.0. The number of unbranched alkanes of at least 4 members (excludes halogenated alkanes) is 7. The van der Waals surface area contributed by atoms with Gasteiger partial charge in [-0.2, -0.15) is 0 Å². The predicted octanol–water partition coefficient (Wildman–Crippen LogP) is 18.2. The Morgan fingerprint density at radius 3 is 1.49 bits per heavy atom. The molecule has 11 heteroatoms. The minimum Gasteiger partial charge on any atom is -0.462 e. The van der Waals surface area contributed by atoms with Crippen LogP contribution in [0.2, 0.25) is 5.02 Å². The Balaban J connectivity index is 0.000000194. The number of hydrogen-bond acceptors (Lipinski definition) is 10. The zero-order valence-corrected chi connectivity index (χ0v) is 49.5. The number of rotatable bonds is 26. The number of nitrogens with two attached hydrogens (primary N) is 1. The van der Waals surface area contributed by atoms with Gasteiger partial charge in [-0.25, -0.2) is 14.4 Å². The largest absolute Gasteiger partial charge is 0.462 e. The monoisotopic (exact) mass is 1110 g/mol. The van der Waals surface area contributed by atoms with Gasteiger partial charge in [0.1, 0.15) is 0 Å². The number of carbonyl (C=O) groups excluding carboxylic acids is 3. The van der Waals surface area contributed by atoms with Gasteiger partial charge < -0.3 is 35.9 Å². The second-order valence-corrected chi connectivity index (χ2v) is 22.8. The maximum Gasteiger partial charge on any atom is 0.338 e. The number of ether oxygens (including phenoxy) is 3. The minimum atomic E-state index is -0.271. The Bertz CT molecular complexity index is 2590. The van der Waals surface area contributed by atoms with Crippen molar-refractivity contribution in [2.75, 3.05) is 41.5 Å². The van der Waals surface area contributed by atoms with Crippen LogP contribution in [0.4, 0.5) is 22.7 Å². The topological polar surface area (TPSA) is 141 Å². The Morgan fingerprint density at radius 2 is 0.963 bits per heavy atom. The van der Waals surface area contributed by atoms with E-state index in [9.17, 15) is 14.4 Å². The van der Waals surface area contributed by atoms with Crippen molar-refractivity contribution in [1.29, 1.82) is 0 Å². The molecule has 0 saturated heterocycles. The van der Waals surface area contributed by atoms with Crippen LogP contribution in [0.3, 0.4) is 0 Å². The molecule has 0 amide bonds. The van der Waals surface area contributed by atoms with E-state index in [4.69, 9.17) is 31.5 Å². The molecule has 0 aromatic heterocycles. The number of anilines is 4. The van der Waals surface area contributed by atoms with Crippen LogP contribution < -0.4 is 21.7 Å².